The molecule has 1 aromatic rings. The second-order valence-electron chi connectivity index (χ2n) is 5.56. The lowest BCUT2D eigenvalue weighted by Gasteiger charge is -2.10. The minimum atomic E-state index is 0.106. The van der Waals surface area contributed by atoms with E-state index >= 15 is 0 Å². The predicted molar refractivity (Wildman–Crippen MR) is 70.4 cm³/mol. The molecule has 0 spiro atoms. The molecule has 1 N–H and O–H groups in total. The fraction of sp³-hybridized carbons (Fsp3) is 0.786. The molecule has 2 heterocycles. The van der Waals surface area contributed by atoms with Crippen LogP contribution in [0.25, 0.3) is 0 Å². The summed E-state index contributed by atoms with van der Waals surface area (Å²) in [5, 5.41) is 3.39. The van der Waals surface area contributed by atoms with E-state index in [1.165, 1.54) is 0 Å². The minimum absolute atomic E-state index is 0.106. The molecule has 102 valence electrons. The van der Waals surface area contributed by atoms with Gasteiger partial charge in [-0.2, -0.15) is 0 Å². The van der Waals surface area contributed by atoms with Gasteiger partial charge in [-0.05, 0) is 24.8 Å². The maximum atomic E-state index is 5.77. The molecule has 1 aromatic heterocycles. The smallest absolute Gasteiger partial charge is 0.195 e. The number of nitrogens with zero attached hydrogens (tertiary/aromatic N) is 1. The van der Waals surface area contributed by atoms with Crippen molar-refractivity contribution in [3.8, 4) is 0 Å². The van der Waals surface area contributed by atoms with E-state index in [0.717, 1.165) is 44.2 Å². The molecule has 1 fully saturated rings. The van der Waals surface area contributed by atoms with Crippen LogP contribution in [-0.2, 0) is 11.2 Å². The number of hydrogen-bond acceptors (Lipinski definition) is 4. The maximum Gasteiger partial charge on any atom is 0.195 e. The Bertz CT molecular complexity index is 362. The normalized spacial score (nSPS) is 24.0. The lowest BCUT2D eigenvalue weighted by Crippen LogP contribution is -2.22. The Labute approximate surface area is 109 Å². The molecule has 18 heavy (non-hydrogen) atoms. The molecule has 1 aliphatic rings. The van der Waals surface area contributed by atoms with Crippen LogP contribution in [0.15, 0.2) is 10.6 Å². The Hall–Kier alpha value is -0.870. The molecule has 1 aliphatic heterocycles. The summed E-state index contributed by atoms with van der Waals surface area (Å²) < 4.78 is 11.4. The van der Waals surface area contributed by atoms with Crippen molar-refractivity contribution in [3.63, 3.8) is 0 Å². The molecular formula is C14H24N2O2. The molecule has 0 aliphatic carbocycles. The van der Waals surface area contributed by atoms with Gasteiger partial charge in [0.2, 0.25) is 0 Å². The monoisotopic (exact) mass is 252 g/mol. The van der Waals surface area contributed by atoms with Crippen molar-refractivity contribution >= 4 is 0 Å². The van der Waals surface area contributed by atoms with E-state index in [0.29, 0.717) is 11.8 Å². The summed E-state index contributed by atoms with van der Waals surface area (Å²) in [6.07, 6.45) is 3.88. The zero-order valence-corrected chi connectivity index (χ0v) is 11.6. The number of nitrogens with one attached hydrogen (secondary N) is 1. The second-order valence-corrected chi connectivity index (χ2v) is 5.56. The van der Waals surface area contributed by atoms with Crippen LogP contribution in [0.4, 0.5) is 0 Å². The number of ether oxygens (including phenoxy) is 1. The molecule has 0 saturated carbocycles. The molecule has 1 saturated heterocycles. The summed E-state index contributed by atoms with van der Waals surface area (Å²) in [5.74, 6) is 2.91. The van der Waals surface area contributed by atoms with E-state index < -0.39 is 0 Å². The van der Waals surface area contributed by atoms with Crippen molar-refractivity contribution in [2.45, 2.75) is 39.7 Å². The van der Waals surface area contributed by atoms with Gasteiger partial charge in [0, 0.05) is 19.6 Å². The Balaban J connectivity index is 1.79. The van der Waals surface area contributed by atoms with E-state index in [-0.39, 0.29) is 6.10 Å². The standard InChI is InChI=1S/C14H24N2O2/c1-10(2)8-15-6-4-13-16-9-12(18-13)14-11(3)5-7-17-14/h9-11,14-15H,4-8H2,1-3H3. The fourth-order valence-corrected chi connectivity index (χ4v) is 2.22. The van der Waals surface area contributed by atoms with Crippen molar-refractivity contribution in [3.05, 3.63) is 17.8 Å². The Kier molecular flexibility index (Phi) is 4.78. The Morgan fingerprint density at radius 2 is 2.33 bits per heavy atom. The lowest BCUT2D eigenvalue weighted by molar-refractivity contribution is 0.0749. The summed E-state index contributed by atoms with van der Waals surface area (Å²) in [7, 11) is 0. The van der Waals surface area contributed by atoms with Crippen molar-refractivity contribution in [1.29, 1.82) is 0 Å². The third kappa shape index (κ3) is 3.56. The first kappa shape index (κ1) is 13.6. The van der Waals surface area contributed by atoms with E-state index in [2.05, 4.69) is 31.1 Å². The third-order valence-corrected chi connectivity index (χ3v) is 3.31. The van der Waals surface area contributed by atoms with Crippen LogP contribution >= 0.6 is 0 Å². The van der Waals surface area contributed by atoms with Gasteiger partial charge in [0.15, 0.2) is 11.7 Å². The van der Waals surface area contributed by atoms with Gasteiger partial charge < -0.3 is 14.5 Å². The van der Waals surface area contributed by atoms with Crippen LogP contribution in [0.1, 0.15) is 44.9 Å². The quantitative estimate of drug-likeness (QED) is 0.790. The van der Waals surface area contributed by atoms with Gasteiger partial charge in [0.05, 0.1) is 6.20 Å². The highest BCUT2D eigenvalue weighted by Gasteiger charge is 2.28. The molecule has 2 unspecified atom stereocenters. The fourth-order valence-electron chi connectivity index (χ4n) is 2.22. The average Bonchev–Trinajstić information content (AvgIpc) is 2.92. The van der Waals surface area contributed by atoms with Gasteiger partial charge in [0.25, 0.3) is 0 Å². The zero-order valence-electron chi connectivity index (χ0n) is 11.6. The van der Waals surface area contributed by atoms with Crippen LogP contribution in [0, 0.1) is 11.8 Å². The van der Waals surface area contributed by atoms with E-state index in [1.54, 1.807) is 0 Å². The summed E-state index contributed by atoms with van der Waals surface area (Å²) in [6.45, 7) is 9.39. The lowest BCUT2D eigenvalue weighted by atomic mass is 10.0. The molecule has 4 nitrogen and oxygen atoms in total. The van der Waals surface area contributed by atoms with Gasteiger partial charge in [-0.15, -0.1) is 0 Å². The van der Waals surface area contributed by atoms with Gasteiger partial charge in [0.1, 0.15) is 6.10 Å². The minimum Gasteiger partial charge on any atom is -0.443 e. The van der Waals surface area contributed by atoms with Crippen molar-refractivity contribution < 1.29 is 9.15 Å². The van der Waals surface area contributed by atoms with Gasteiger partial charge in [-0.25, -0.2) is 4.98 Å². The first-order valence-corrected chi connectivity index (χ1v) is 6.93. The number of oxazole rings is 1. The topological polar surface area (TPSA) is 47.3 Å². The van der Waals surface area contributed by atoms with Crippen molar-refractivity contribution in [2.24, 2.45) is 11.8 Å². The van der Waals surface area contributed by atoms with Crippen molar-refractivity contribution in [2.75, 3.05) is 19.7 Å². The highest BCUT2D eigenvalue weighted by molar-refractivity contribution is 5.01. The Morgan fingerprint density at radius 3 is 3.00 bits per heavy atom. The highest BCUT2D eigenvalue weighted by Crippen LogP contribution is 2.34. The van der Waals surface area contributed by atoms with Crippen molar-refractivity contribution in [1.82, 2.24) is 10.3 Å². The SMILES string of the molecule is CC(C)CNCCc1ncc(C2OCCC2C)o1. The van der Waals surface area contributed by atoms with Crippen LogP contribution in [0.3, 0.4) is 0 Å². The van der Waals surface area contributed by atoms with Crippen LogP contribution < -0.4 is 5.32 Å². The highest BCUT2D eigenvalue weighted by atomic mass is 16.5. The van der Waals surface area contributed by atoms with E-state index in [9.17, 15) is 0 Å². The molecule has 0 bridgehead atoms. The third-order valence-electron chi connectivity index (χ3n) is 3.31. The Morgan fingerprint density at radius 1 is 1.50 bits per heavy atom. The molecule has 0 aromatic carbocycles. The molecular weight excluding hydrogens is 228 g/mol. The summed E-state index contributed by atoms with van der Waals surface area (Å²) in [4.78, 5) is 4.33. The summed E-state index contributed by atoms with van der Waals surface area (Å²) >= 11 is 0. The number of rotatable bonds is 6. The van der Waals surface area contributed by atoms with Crippen LogP contribution in [0.2, 0.25) is 0 Å². The largest absolute Gasteiger partial charge is 0.443 e. The summed E-state index contributed by atoms with van der Waals surface area (Å²) in [5.41, 5.74) is 0. The average molecular weight is 252 g/mol. The first-order valence-electron chi connectivity index (χ1n) is 6.93. The van der Waals surface area contributed by atoms with Crippen LogP contribution in [-0.4, -0.2) is 24.7 Å². The van der Waals surface area contributed by atoms with E-state index in [4.69, 9.17) is 9.15 Å². The van der Waals surface area contributed by atoms with Gasteiger partial charge in [-0.3, -0.25) is 0 Å². The van der Waals surface area contributed by atoms with Crippen LogP contribution in [0.5, 0.6) is 0 Å². The molecule has 4 heteroatoms. The van der Waals surface area contributed by atoms with E-state index in [1.807, 2.05) is 6.20 Å². The maximum absolute atomic E-state index is 5.77. The molecule has 2 atom stereocenters. The van der Waals surface area contributed by atoms with Gasteiger partial charge in [-0.1, -0.05) is 20.8 Å². The second kappa shape index (κ2) is 6.34. The van der Waals surface area contributed by atoms with Gasteiger partial charge >= 0.3 is 0 Å². The molecule has 2 rings (SSSR count). The zero-order chi connectivity index (χ0) is 13.0. The molecule has 0 amide bonds. The number of hydrogen-bond donors (Lipinski definition) is 1. The first-order chi connectivity index (χ1) is 8.66. The molecule has 0 radical (unpaired) electrons. The summed E-state index contributed by atoms with van der Waals surface area (Å²) in [6, 6.07) is 0. The predicted octanol–water partition coefficient (Wildman–Crippen LogP) is 2.56. The number of aromatic nitrogens is 1.